The van der Waals surface area contributed by atoms with E-state index in [0.717, 1.165) is 0 Å². The van der Waals surface area contributed by atoms with E-state index in [9.17, 15) is 19.5 Å². The molecule has 1 aromatic heterocycles. The number of aromatic hydroxyl groups is 1. The number of phenols is 1. The lowest BCUT2D eigenvalue weighted by atomic mass is 9.87. The Morgan fingerprint density at radius 1 is 1.16 bits per heavy atom. The van der Waals surface area contributed by atoms with E-state index >= 15 is 0 Å². The van der Waals surface area contributed by atoms with Crippen molar-refractivity contribution in [2.75, 3.05) is 6.79 Å². The van der Waals surface area contributed by atoms with E-state index in [4.69, 9.17) is 19.6 Å². The van der Waals surface area contributed by atoms with E-state index in [1.54, 1.807) is 24.3 Å². The van der Waals surface area contributed by atoms with Gasteiger partial charge in [0.2, 0.25) is 18.6 Å². The molecule has 0 fully saturated rings. The van der Waals surface area contributed by atoms with E-state index in [-0.39, 0.29) is 35.5 Å². The van der Waals surface area contributed by atoms with Crippen LogP contribution in [-0.4, -0.2) is 29.8 Å². The van der Waals surface area contributed by atoms with Crippen molar-refractivity contribution in [1.82, 2.24) is 5.32 Å². The molecule has 4 N–H and O–H groups in total. The second-order valence-corrected chi connectivity index (χ2v) is 7.23. The molecular formula is C22H20N2O7. The minimum absolute atomic E-state index is 0.00236. The summed E-state index contributed by atoms with van der Waals surface area (Å²) in [6.45, 7) is 1.45. The molecule has 0 saturated carbocycles. The zero-order chi connectivity index (χ0) is 22.1. The van der Waals surface area contributed by atoms with Crippen LogP contribution >= 0.6 is 0 Å². The van der Waals surface area contributed by atoms with Crippen LogP contribution in [0.3, 0.4) is 0 Å². The van der Waals surface area contributed by atoms with Gasteiger partial charge in [-0.2, -0.15) is 0 Å². The van der Waals surface area contributed by atoms with Crippen molar-refractivity contribution in [1.29, 1.82) is 0 Å². The van der Waals surface area contributed by atoms with Gasteiger partial charge in [-0.15, -0.1) is 0 Å². The van der Waals surface area contributed by atoms with Crippen molar-refractivity contribution in [2.45, 2.75) is 25.3 Å². The number of rotatable bonds is 6. The number of primary amides is 1. The van der Waals surface area contributed by atoms with Crippen molar-refractivity contribution in [3.8, 4) is 17.2 Å². The predicted molar refractivity (Wildman–Crippen MR) is 110 cm³/mol. The molecule has 2 amide bonds. The number of phenolic OH excluding ortho intramolecular Hbond substituents is 1. The zero-order valence-electron chi connectivity index (χ0n) is 16.6. The number of hydrogen-bond donors (Lipinski definition) is 3. The van der Waals surface area contributed by atoms with Crippen molar-refractivity contribution < 1.29 is 28.6 Å². The van der Waals surface area contributed by atoms with Gasteiger partial charge in [-0.05, 0) is 25.1 Å². The highest BCUT2D eigenvalue weighted by Crippen LogP contribution is 2.42. The Hall–Kier alpha value is -4.01. The van der Waals surface area contributed by atoms with Crippen LogP contribution < -0.4 is 26.0 Å². The summed E-state index contributed by atoms with van der Waals surface area (Å²) in [5.74, 6) is -1.53. The van der Waals surface area contributed by atoms with Gasteiger partial charge in [0.15, 0.2) is 16.9 Å². The van der Waals surface area contributed by atoms with E-state index in [1.165, 1.54) is 25.3 Å². The summed E-state index contributed by atoms with van der Waals surface area (Å²) in [5.41, 5.74) is 5.75. The Kier molecular flexibility index (Phi) is 5.24. The first-order chi connectivity index (χ1) is 14.8. The number of benzene rings is 2. The lowest BCUT2D eigenvalue weighted by Gasteiger charge is -2.20. The van der Waals surface area contributed by atoms with Gasteiger partial charge in [0.05, 0.1) is 11.6 Å². The predicted octanol–water partition coefficient (Wildman–Crippen LogP) is 1.74. The highest BCUT2D eigenvalue weighted by molar-refractivity contribution is 5.87. The smallest absolute Gasteiger partial charge is 0.239 e. The molecule has 0 unspecified atom stereocenters. The molecule has 0 bridgehead atoms. The number of para-hydroxylation sites is 1. The normalized spacial score (nSPS) is 14.2. The van der Waals surface area contributed by atoms with Gasteiger partial charge in [0.25, 0.3) is 0 Å². The van der Waals surface area contributed by atoms with E-state index < -0.39 is 23.8 Å². The maximum atomic E-state index is 13.2. The number of nitrogens with two attached hydrogens (primary N) is 1. The van der Waals surface area contributed by atoms with Gasteiger partial charge in [-0.25, -0.2) is 0 Å². The number of fused-ring (bicyclic) bond motifs is 2. The maximum Gasteiger partial charge on any atom is 0.239 e. The lowest BCUT2D eigenvalue weighted by Crippen LogP contribution is -2.42. The second-order valence-electron chi connectivity index (χ2n) is 7.23. The minimum atomic E-state index is -0.897. The molecular weight excluding hydrogens is 404 g/mol. The molecule has 1 aliphatic rings. The fourth-order valence-electron chi connectivity index (χ4n) is 3.50. The summed E-state index contributed by atoms with van der Waals surface area (Å²) >= 11 is 0. The number of amides is 2. The summed E-state index contributed by atoms with van der Waals surface area (Å²) in [6, 6.07) is 8.73. The summed E-state index contributed by atoms with van der Waals surface area (Å²) < 4.78 is 16.3. The third-order valence-corrected chi connectivity index (χ3v) is 5.17. The summed E-state index contributed by atoms with van der Waals surface area (Å²) in [5, 5.41) is 13.5. The van der Waals surface area contributed by atoms with Gasteiger partial charge in [-0.3, -0.25) is 14.4 Å². The van der Waals surface area contributed by atoms with Gasteiger partial charge < -0.3 is 30.0 Å². The Morgan fingerprint density at radius 3 is 2.61 bits per heavy atom. The first kappa shape index (κ1) is 20.3. The third kappa shape index (κ3) is 3.89. The van der Waals surface area contributed by atoms with Gasteiger partial charge in [0, 0.05) is 29.5 Å². The second kappa shape index (κ2) is 8.02. The van der Waals surface area contributed by atoms with E-state index in [0.29, 0.717) is 22.5 Å². The number of ether oxygens (including phenoxy) is 2. The standard InChI is InChI=1S/C22H20N2O7/c1-11(22(23)28)24-20(26)7-13(14-6-18-19(8-16(14)25)31-10-30-18)15-9-29-17-5-3-2-4-12(17)21(15)27/h2-6,8-9,11,13,25H,7,10H2,1H3,(H2,23,28)(H,24,26)/t11-,13-/m1/s1. The largest absolute Gasteiger partial charge is 0.508 e. The Bertz CT molecular complexity index is 1230. The molecule has 31 heavy (non-hydrogen) atoms. The molecule has 2 atom stereocenters. The molecule has 9 nitrogen and oxygen atoms in total. The SMILES string of the molecule is C[C@@H](NC(=O)C[C@H](c1cc2c(cc1O)OCO2)c1coc2ccccc2c1=O)C(N)=O. The molecule has 3 aromatic rings. The first-order valence-electron chi connectivity index (χ1n) is 9.56. The minimum Gasteiger partial charge on any atom is -0.508 e. The van der Waals surface area contributed by atoms with Crippen LogP contribution in [0.15, 0.2) is 51.9 Å². The van der Waals surface area contributed by atoms with Crippen molar-refractivity contribution >= 4 is 22.8 Å². The highest BCUT2D eigenvalue weighted by Gasteiger charge is 2.29. The van der Waals surface area contributed by atoms with Crippen LogP contribution in [0.2, 0.25) is 0 Å². The van der Waals surface area contributed by atoms with Crippen molar-refractivity contribution in [2.24, 2.45) is 5.73 Å². The number of carbonyl (C=O) groups is 2. The van der Waals surface area contributed by atoms with Crippen LogP contribution in [0.4, 0.5) is 0 Å². The average Bonchev–Trinajstić information content (AvgIpc) is 3.19. The number of hydrogen-bond acceptors (Lipinski definition) is 7. The third-order valence-electron chi connectivity index (χ3n) is 5.17. The van der Waals surface area contributed by atoms with Crippen molar-refractivity contribution in [3.05, 3.63) is 64.0 Å². The molecule has 0 spiro atoms. The number of carbonyl (C=O) groups excluding carboxylic acids is 2. The van der Waals surface area contributed by atoms with Crippen LogP contribution in [0.1, 0.15) is 30.4 Å². The molecule has 9 heteroatoms. The quantitative estimate of drug-likeness (QED) is 0.547. The Labute approximate surface area is 176 Å². The highest BCUT2D eigenvalue weighted by atomic mass is 16.7. The summed E-state index contributed by atoms with van der Waals surface area (Å²) in [7, 11) is 0. The molecule has 160 valence electrons. The van der Waals surface area contributed by atoms with Crippen LogP contribution in [0.25, 0.3) is 11.0 Å². The molecule has 0 saturated heterocycles. The average molecular weight is 424 g/mol. The molecule has 2 heterocycles. The Morgan fingerprint density at radius 2 is 1.87 bits per heavy atom. The zero-order valence-corrected chi connectivity index (χ0v) is 16.6. The van der Waals surface area contributed by atoms with E-state index in [1.807, 2.05) is 0 Å². The lowest BCUT2D eigenvalue weighted by molar-refractivity contribution is -0.127. The summed E-state index contributed by atoms with van der Waals surface area (Å²) in [6.07, 6.45) is 1.04. The van der Waals surface area contributed by atoms with Crippen LogP contribution in [-0.2, 0) is 9.59 Å². The van der Waals surface area contributed by atoms with Gasteiger partial charge in [0.1, 0.15) is 17.4 Å². The monoisotopic (exact) mass is 424 g/mol. The molecule has 4 rings (SSSR count). The molecule has 0 aliphatic carbocycles. The molecule has 0 radical (unpaired) electrons. The first-order valence-corrected chi connectivity index (χ1v) is 9.56. The van der Waals surface area contributed by atoms with E-state index in [2.05, 4.69) is 5.32 Å². The Balaban J connectivity index is 1.81. The maximum absolute atomic E-state index is 13.2. The topological polar surface area (TPSA) is 141 Å². The fraction of sp³-hybridized carbons (Fsp3) is 0.227. The number of nitrogens with one attached hydrogen (secondary N) is 1. The van der Waals surface area contributed by atoms with Crippen LogP contribution in [0.5, 0.6) is 17.2 Å². The molecule has 1 aliphatic heterocycles. The van der Waals surface area contributed by atoms with Gasteiger partial charge in [-0.1, -0.05) is 12.1 Å². The van der Waals surface area contributed by atoms with Crippen LogP contribution in [0, 0.1) is 0 Å². The fourth-order valence-corrected chi connectivity index (χ4v) is 3.50. The van der Waals surface area contributed by atoms with Gasteiger partial charge >= 0.3 is 0 Å². The molecule has 2 aromatic carbocycles. The summed E-state index contributed by atoms with van der Waals surface area (Å²) in [4.78, 5) is 37.2. The van der Waals surface area contributed by atoms with Crippen molar-refractivity contribution in [3.63, 3.8) is 0 Å².